The lowest BCUT2D eigenvalue weighted by atomic mass is 9.95. The van der Waals surface area contributed by atoms with E-state index < -0.39 is 10.1 Å². The quantitative estimate of drug-likeness (QED) is 0.719. The van der Waals surface area contributed by atoms with Gasteiger partial charge in [-0.05, 0) is 56.7 Å². The molecule has 0 spiro atoms. The minimum atomic E-state index is -3.73. The van der Waals surface area contributed by atoms with Gasteiger partial charge in [-0.15, -0.1) is 0 Å². The van der Waals surface area contributed by atoms with Crippen LogP contribution < -0.4 is 4.74 Å². The molecule has 3 rings (SSSR count). The van der Waals surface area contributed by atoms with Crippen LogP contribution in [0.4, 0.5) is 0 Å². The van der Waals surface area contributed by atoms with Crippen molar-refractivity contribution in [1.29, 1.82) is 0 Å². The number of hydrogen-bond acceptors (Lipinski definition) is 6. The van der Waals surface area contributed by atoms with Crippen molar-refractivity contribution in [2.45, 2.75) is 63.1 Å². The third-order valence-electron chi connectivity index (χ3n) is 4.56. The van der Waals surface area contributed by atoms with E-state index in [4.69, 9.17) is 8.92 Å². The molecule has 1 aliphatic carbocycles. The van der Waals surface area contributed by atoms with Gasteiger partial charge >= 0.3 is 6.01 Å². The molecule has 140 valence electrons. The van der Waals surface area contributed by atoms with E-state index in [1.54, 1.807) is 36.7 Å². The first-order valence-electron chi connectivity index (χ1n) is 8.94. The van der Waals surface area contributed by atoms with Crippen molar-refractivity contribution in [3.8, 4) is 6.01 Å². The van der Waals surface area contributed by atoms with Crippen molar-refractivity contribution in [3.05, 3.63) is 47.8 Å². The lowest BCUT2D eigenvalue weighted by molar-refractivity contribution is 0.0782. The van der Waals surface area contributed by atoms with E-state index in [-0.39, 0.29) is 17.1 Å². The summed E-state index contributed by atoms with van der Waals surface area (Å²) < 4.78 is 36.0. The van der Waals surface area contributed by atoms with Crippen LogP contribution in [0.3, 0.4) is 0 Å². The van der Waals surface area contributed by atoms with E-state index in [1.165, 1.54) is 0 Å². The van der Waals surface area contributed by atoms with Gasteiger partial charge in [0.1, 0.15) is 6.10 Å². The molecule has 1 aromatic heterocycles. The maximum absolute atomic E-state index is 12.4. The molecule has 1 aromatic carbocycles. The molecule has 0 N–H and O–H groups in total. The molecule has 1 aliphatic rings. The third-order valence-corrected chi connectivity index (χ3v) is 5.93. The zero-order valence-electron chi connectivity index (χ0n) is 15.1. The molecule has 26 heavy (non-hydrogen) atoms. The van der Waals surface area contributed by atoms with E-state index in [0.717, 1.165) is 17.5 Å². The lowest BCUT2D eigenvalue weighted by Crippen LogP contribution is -2.30. The van der Waals surface area contributed by atoms with Crippen LogP contribution in [-0.2, 0) is 20.7 Å². The Hall–Kier alpha value is -1.99. The van der Waals surface area contributed by atoms with Crippen LogP contribution in [0.5, 0.6) is 6.01 Å². The first kappa shape index (κ1) is 18.8. The van der Waals surface area contributed by atoms with E-state index in [2.05, 4.69) is 9.97 Å². The molecule has 1 heterocycles. The Morgan fingerprint density at radius 2 is 1.58 bits per heavy atom. The normalized spacial score (nSPS) is 20.7. The molecular weight excluding hydrogens is 352 g/mol. The van der Waals surface area contributed by atoms with Gasteiger partial charge in [-0.3, -0.25) is 4.18 Å². The molecule has 0 bridgehead atoms. The summed E-state index contributed by atoms with van der Waals surface area (Å²) in [5.41, 5.74) is 2.08. The number of ether oxygens (including phenoxy) is 1. The second-order valence-corrected chi connectivity index (χ2v) is 8.18. The summed E-state index contributed by atoms with van der Waals surface area (Å²) in [6.45, 7) is 3.96. The summed E-state index contributed by atoms with van der Waals surface area (Å²) >= 11 is 0. The summed E-state index contributed by atoms with van der Waals surface area (Å²) in [5, 5.41) is 0. The highest BCUT2D eigenvalue weighted by Crippen LogP contribution is 2.27. The van der Waals surface area contributed by atoms with Crippen LogP contribution in [-0.4, -0.2) is 30.6 Å². The largest absolute Gasteiger partial charge is 0.460 e. The average Bonchev–Trinajstić information content (AvgIpc) is 2.64. The summed E-state index contributed by atoms with van der Waals surface area (Å²) in [7, 11) is -3.73. The Labute approximate surface area is 154 Å². The van der Waals surface area contributed by atoms with Crippen LogP contribution in [0.2, 0.25) is 0 Å². The average molecular weight is 376 g/mol. The van der Waals surface area contributed by atoms with Crippen LogP contribution >= 0.6 is 0 Å². The fourth-order valence-electron chi connectivity index (χ4n) is 2.92. The van der Waals surface area contributed by atoms with Gasteiger partial charge in [0.25, 0.3) is 10.1 Å². The number of nitrogens with zero attached hydrogens (tertiary/aromatic N) is 2. The molecule has 0 radical (unpaired) electrons. The fourth-order valence-corrected chi connectivity index (χ4v) is 4.05. The molecule has 0 saturated heterocycles. The standard InChI is InChI=1S/C19H24N2O4S/c1-3-15-12-20-19(21-13-15)24-16-6-8-17(9-7-16)25-26(22,23)18-10-4-14(2)5-11-18/h4-5,10-13,16-17H,3,6-9H2,1-2H3. The van der Waals surface area contributed by atoms with E-state index >= 15 is 0 Å². The first-order chi connectivity index (χ1) is 12.5. The van der Waals surface area contributed by atoms with Crippen LogP contribution in [0.1, 0.15) is 43.7 Å². The van der Waals surface area contributed by atoms with Gasteiger partial charge in [-0.2, -0.15) is 8.42 Å². The van der Waals surface area contributed by atoms with Crippen molar-refractivity contribution in [2.75, 3.05) is 0 Å². The van der Waals surface area contributed by atoms with Crippen LogP contribution in [0, 0.1) is 6.92 Å². The van der Waals surface area contributed by atoms with Crippen LogP contribution in [0.25, 0.3) is 0 Å². The number of aromatic nitrogens is 2. The number of benzene rings is 1. The zero-order chi connectivity index (χ0) is 18.6. The number of hydrogen-bond donors (Lipinski definition) is 0. The van der Waals surface area contributed by atoms with E-state index in [9.17, 15) is 8.42 Å². The van der Waals surface area contributed by atoms with Gasteiger partial charge in [0, 0.05) is 12.4 Å². The SMILES string of the molecule is CCc1cnc(OC2CCC(OS(=O)(=O)c3ccc(C)cc3)CC2)nc1. The Balaban J connectivity index is 1.52. The highest BCUT2D eigenvalue weighted by molar-refractivity contribution is 7.86. The van der Waals surface area contributed by atoms with Gasteiger partial charge in [-0.1, -0.05) is 24.6 Å². The topological polar surface area (TPSA) is 78.4 Å². The smallest absolute Gasteiger partial charge is 0.316 e. The molecule has 0 atom stereocenters. The van der Waals surface area contributed by atoms with Gasteiger partial charge in [-0.25, -0.2) is 9.97 Å². The van der Waals surface area contributed by atoms with E-state index in [1.807, 2.05) is 13.8 Å². The summed E-state index contributed by atoms with van der Waals surface area (Å²) in [4.78, 5) is 8.62. The first-order valence-corrected chi connectivity index (χ1v) is 10.3. The van der Waals surface area contributed by atoms with Gasteiger partial charge < -0.3 is 4.74 Å². The predicted octanol–water partition coefficient (Wildman–Crippen LogP) is 3.44. The monoisotopic (exact) mass is 376 g/mol. The van der Waals surface area contributed by atoms with E-state index in [0.29, 0.717) is 31.7 Å². The summed E-state index contributed by atoms with van der Waals surface area (Å²) in [6, 6.07) is 7.07. The van der Waals surface area contributed by atoms with Crippen molar-refractivity contribution < 1.29 is 17.3 Å². The zero-order valence-corrected chi connectivity index (χ0v) is 15.9. The van der Waals surface area contributed by atoms with Gasteiger partial charge in [0.05, 0.1) is 11.0 Å². The molecular formula is C19H24N2O4S. The molecule has 0 aliphatic heterocycles. The van der Waals surface area contributed by atoms with Crippen molar-refractivity contribution in [1.82, 2.24) is 9.97 Å². The molecule has 2 aromatic rings. The number of rotatable bonds is 6. The molecule has 0 unspecified atom stereocenters. The third kappa shape index (κ3) is 4.80. The van der Waals surface area contributed by atoms with Crippen molar-refractivity contribution >= 4 is 10.1 Å². The van der Waals surface area contributed by atoms with Gasteiger partial charge in [0.15, 0.2) is 0 Å². The molecule has 6 nitrogen and oxygen atoms in total. The molecule has 7 heteroatoms. The Morgan fingerprint density at radius 3 is 2.15 bits per heavy atom. The van der Waals surface area contributed by atoms with Gasteiger partial charge in [0.2, 0.25) is 0 Å². The molecule has 0 amide bonds. The molecule has 1 fully saturated rings. The Kier molecular flexibility index (Phi) is 5.88. The van der Waals surface area contributed by atoms with Crippen LogP contribution in [0.15, 0.2) is 41.6 Å². The second kappa shape index (κ2) is 8.14. The summed E-state index contributed by atoms with van der Waals surface area (Å²) in [6.07, 6.45) is 6.79. The summed E-state index contributed by atoms with van der Waals surface area (Å²) in [5.74, 6) is 0. The van der Waals surface area contributed by atoms with Crippen molar-refractivity contribution in [3.63, 3.8) is 0 Å². The minimum Gasteiger partial charge on any atom is -0.460 e. The highest BCUT2D eigenvalue weighted by Gasteiger charge is 2.28. The highest BCUT2D eigenvalue weighted by atomic mass is 32.2. The molecule has 1 saturated carbocycles. The lowest BCUT2D eigenvalue weighted by Gasteiger charge is -2.27. The Bertz CT molecular complexity index is 812. The Morgan fingerprint density at radius 1 is 1.00 bits per heavy atom. The van der Waals surface area contributed by atoms with Crippen molar-refractivity contribution in [2.24, 2.45) is 0 Å². The fraction of sp³-hybridized carbons (Fsp3) is 0.474. The maximum Gasteiger partial charge on any atom is 0.316 e. The number of aryl methyl sites for hydroxylation is 2. The predicted molar refractivity (Wildman–Crippen MR) is 97.5 cm³/mol. The second-order valence-electron chi connectivity index (χ2n) is 6.61. The maximum atomic E-state index is 12.4. The minimum absolute atomic E-state index is 0.00981.